The first-order valence-corrected chi connectivity index (χ1v) is 9.75. The third-order valence-corrected chi connectivity index (χ3v) is 3.74. The highest BCUT2D eigenvalue weighted by Crippen LogP contribution is 2.28. The van der Waals surface area contributed by atoms with E-state index in [0.29, 0.717) is 38.8 Å². The summed E-state index contributed by atoms with van der Waals surface area (Å²) in [6.45, 7) is 7.77. The van der Waals surface area contributed by atoms with Crippen LogP contribution in [0.2, 0.25) is 0 Å². The summed E-state index contributed by atoms with van der Waals surface area (Å²) < 4.78 is 31.3. The molecule has 0 N–H and O–H groups in total. The molecule has 30 heavy (non-hydrogen) atoms. The fourth-order valence-electron chi connectivity index (χ4n) is 2.52. The lowest BCUT2D eigenvalue weighted by Crippen LogP contribution is -2.24. The van der Waals surface area contributed by atoms with E-state index in [1.165, 1.54) is 6.07 Å². The van der Waals surface area contributed by atoms with E-state index in [1.54, 1.807) is 12.1 Å². The van der Waals surface area contributed by atoms with Crippen LogP contribution in [0.15, 0.2) is 18.2 Å². The molecule has 0 spiro atoms. The SMILES string of the molecule is CC(C)(C)OC(=O)CCOCCOCCOCCOc1cccc2c1C(=O)OC2=O. The second-order valence-corrected chi connectivity index (χ2v) is 7.38. The average Bonchev–Trinajstić information content (AvgIpc) is 2.96. The van der Waals surface area contributed by atoms with Crippen LogP contribution in [0.25, 0.3) is 0 Å². The molecule has 0 aromatic heterocycles. The van der Waals surface area contributed by atoms with Gasteiger partial charge in [-0.3, -0.25) is 4.79 Å². The van der Waals surface area contributed by atoms with Gasteiger partial charge in [0.1, 0.15) is 23.5 Å². The molecule has 1 aliphatic rings. The zero-order chi connectivity index (χ0) is 22.0. The van der Waals surface area contributed by atoms with E-state index in [4.69, 9.17) is 23.7 Å². The number of hydrogen-bond donors (Lipinski definition) is 0. The van der Waals surface area contributed by atoms with Crippen LogP contribution in [0.5, 0.6) is 5.75 Å². The minimum atomic E-state index is -0.701. The Morgan fingerprint density at radius 1 is 0.867 bits per heavy atom. The molecule has 166 valence electrons. The molecule has 9 heteroatoms. The van der Waals surface area contributed by atoms with Crippen LogP contribution in [0, 0.1) is 0 Å². The van der Waals surface area contributed by atoms with Crippen molar-refractivity contribution in [2.24, 2.45) is 0 Å². The highest BCUT2D eigenvalue weighted by Gasteiger charge is 2.32. The van der Waals surface area contributed by atoms with Crippen molar-refractivity contribution in [1.29, 1.82) is 0 Å². The molecular weight excluding hydrogens is 396 g/mol. The molecule has 0 amide bonds. The van der Waals surface area contributed by atoms with Gasteiger partial charge in [0.25, 0.3) is 0 Å². The molecule has 0 saturated heterocycles. The maximum Gasteiger partial charge on any atom is 0.350 e. The van der Waals surface area contributed by atoms with Crippen LogP contribution < -0.4 is 4.74 Å². The molecule has 9 nitrogen and oxygen atoms in total. The normalized spacial score (nSPS) is 13.2. The summed E-state index contributed by atoms with van der Waals surface area (Å²) in [7, 11) is 0. The average molecular weight is 424 g/mol. The Hall–Kier alpha value is -2.49. The highest BCUT2D eigenvalue weighted by atomic mass is 16.6. The summed E-state index contributed by atoms with van der Waals surface area (Å²) in [5, 5.41) is 0. The predicted octanol–water partition coefficient (Wildman–Crippen LogP) is 2.16. The van der Waals surface area contributed by atoms with E-state index in [-0.39, 0.29) is 36.7 Å². The van der Waals surface area contributed by atoms with Crippen molar-refractivity contribution in [2.45, 2.75) is 32.8 Å². The van der Waals surface area contributed by atoms with E-state index >= 15 is 0 Å². The number of cyclic esters (lactones) is 2. The largest absolute Gasteiger partial charge is 0.490 e. The Labute approximate surface area is 175 Å². The minimum absolute atomic E-state index is 0.150. The topological polar surface area (TPSA) is 107 Å². The number of fused-ring (bicyclic) bond motifs is 1. The quantitative estimate of drug-likeness (QED) is 0.267. The number of carbonyl (C=O) groups is 3. The number of esters is 3. The van der Waals surface area contributed by atoms with Gasteiger partial charge in [-0.15, -0.1) is 0 Å². The minimum Gasteiger partial charge on any atom is -0.490 e. The molecule has 0 fully saturated rings. The van der Waals surface area contributed by atoms with Gasteiger partial charge in [0.05, 0.1) is 51.6 Å². The Bertz CT molecular complexity index is 736. The van der Waals surface area contributed by atoms with E-state index in [2.05, 4.69) is 4.74 Å². The standard InChI is InChI=1S/C21H28O9/c1-21(2,3)30-17(22)7-8-25-9-10-26-11-12-27-13-14-28-16-6-4-5-15-18(16)20(24)29-19(15)23/h4-6H,7-14H2,1-3H3. The van der Waals surface area contributed by atoms with Gasteiger partial charge >= 0.3 is 17.9 Å². The lowest BCUT2D eigenvalue weighted by molar-refractivity contribution is -0.156. The van der Waals surface area contributed by atoms with Crippen molar-refractivity contribution in [3.05, 3.63) is 29.3 Å². The first kappa shape index (κ1) is 23.8. The van der Waals surface area contributed by atoms with E-state index in [1.807, 2.05) is 20.8 Å². The van der Waals surface area contributed by atoms with E-state index in [9.17, 15) is 14.4 Å². The van der Waals surface area contributed by atoms with Crippen molar-refractivity contribution in [3.63, 3.8) is 0 Å². The second kappa shape index (κ2) is 11.6. The van der Waals surface area contributed by atoms with E-state index < -0.39 is 17.5 Å². The monoisotopic (exact) mass is 424 g/mol. The molecular formula is C21H28O9. The molecule has 1 heterocycles. The van der Waals surface area contributed by atoms with Crippen LogP contribution in [0.3, 0.4) is 0 Å². The molecule has 0 aliphatic carbocycles. The summed E-state index contributed by atoms with van der Waals surface area (Å²) in [6.07, 6.45) is 0.205. The molecule has 0 bridgehead atoms. The number of ether oxygens (including phenoxy) is 6. The highest BCUT2D eigenvalue weighted by molar-refractivity contribution is 6.16. The maximum absolute atomic E-state index is 11.7. The maximum atomic E-state index is 11.7. The van der Waals surface area contributed by atoms with Gasteiger partial charge in [-0.1, -0.05) is 6.07 Å². The van der Waals surface area contributed by atoms with Gasteiger partial charge in [0.15, 0.2) is 0 Å². The van der Waals surface area contributed by atoms with Crippen LogP contribution in [-0.4, -0.2) is 69.8 Å². The lowest BCUT2D eigenvalue weighted by atomic mass is 10.1. The predicted molar refractivity (Wildman–Crippen MR) is 105 cm³/mol. The fourth-order valence-corrected chi connectivity index (χ4v) is 2.52. The van der Waals surface area contributed by atoms with Gasteiger partial charge in [-0.2, -0.15) is 0 Å². The molecule has 0 atom stereocenters. The van der Waals surface area contributed by atoms with E-state index in [0.717, 1.165) is 0 Å². The van der Waals surface area contributed by atoms with Gasteiger partial charge in [0.2, 0.25) is 0 Å². The summed E-state index contributed by atoms with van der Waals surface area (Å²) in [4.78, 5) is 34.7. The first-order valence-electron chi connectivity index (χ1n) is 9.75. The van der Waals surface area contributed by atoms with Gasteiger partial charge in [-0.25, -0.2) is 9.59 Å². The summed E-state index contributed by atoms with van der Waals surface area (Å²) >= 11 is 0. The van der Waals surface area contributed by atoms with Crippen molar-refractivity contribution >= 4 is 17.9 Å². The van der Waals surface area contributed by atoms with Gasteiger partial charge in [-0.05, 0) is 32.9 Å². The molecule has 1 aromatic rings. The number of benzene rings is 1. The van der Waals surface area contributed by atoms with Crippen LogP contribution in [0.4, 0.5) is 0 Å². The molecule has 0 saturated carbocycles. The van der Waals surface area contributed by atoms with Crippen molar-refractivity contribution < 1.29 is 42.8 Å². The third kappa shape index (κ3) is 8.10. The summed E-state index contributed by atoms with van der Waals surface area (Å²) in [6, 6.07) is 4.74. The molecule has 1 aromatic carbocycles. The van der Waals surface area contributed by atoms with Gasteiger partial charge in [0, 0.05) is 0 Å². The summed E-state index contributed by atoms with van der Waals surface area (Å²) in [5.41, 5.74) is -0.130. The van der Waals surface area contributed by atoms with Crippen molar-refractivity contribution in [1.82, 2.24) is 0 Å². The summed E-state index contributed by atoms with van der Waals surface area (Å²) in [5.74, 6) is -1.36. The van der Waals surface area contributed by atoms with Crippen LogP contribution >= 0.6 is 0 Å². The van der Waals surface area contributed by atoms with Crippen LogP contribution in [-0.2, 0) is 28.5 Å². The molecule has 0 unspecified atom stereocenters. The number of hydrogen-bond acceptors (Lipinski definition) is 9. The molecule has 0 radical (unpaired) electrons. The lowest BCUT2D eigenvalue weighted by Gasteiger charge is -2.19. The molecule has 1 aliphatic heterocycles. The smallest absolute Gasteiger partial charge is 0.350 e. The zero-order valence-electron chi connectivity index (χ0n) is 17.6. The molecule has 2 rings (SSSR count). The second-order valence-electron chi connectivity index (χ2n) is 7.38. The third-order valence-electron chi connectivity index (χ3n) is 3.74. The first-order chi connectivity index (χ1) is 14.3. The fraction of sp³-hybridized carbons (Fsp3) is 0.571. The van der Waals surface area contributed by atoms with Crippen molar-refractivity contribution in [2.75, 3.05) is 46.2 Å². The Kier molecular flexibility index (Phi) is 9.22. The zero-order valence-corrected chi connectivity index (χ0v) is 17.6. The number of carbonyl (C=O) groups excluding carboxylic acids is 3. The van der Waals surface area contributed by atoms with Crippen LogP contribution in [0.1, 0.15) is 47.9 Å². The Morgan fingerprint density at radius 2 is 1.47 bits per heavy atom. The Morgan fingerprint density at radius 3 is 2.10 bits per heavy atom. The Balaban J connectivity index is 1.45. The van der Waals surface area contributed by atoms with Gasteiger partial charge < -0.3 is 28.4 Å². The van der Waals surface area contributed by atoms with Crippen molar-refractivity contribution in [3.8, 4) is 5.75 Å². The number of rotatable bonds is 13.